The van der Waals surface area contributed by atoms with Crippen molar-refractivity contribution < 1.29 is 9.53 Å². The first kappa shape index (κ1) is 18.0. The molecular formula is C18H25N3O3. The van der Waals surface area contributed by atoms with Crippen molar-refractivity contribution in [2.45, 2.75) is 19.8 Å². The summed E-state index contributed by atoms with van der Waals surface area (Å²) in [6, 6.07) is 5.85. The van der Waals surface area contributed by atoms with E-state index in [2.05, 4.69) is 5.32 Å². The van der Waals surface area contributed by atoms with Crippen LogP contribution >= 0.6 is 0 Å². The maximum Gasteiger partial charge on any atom is 0.343 e. The zero-order chi connectivity index (χ0) is 17.7. The highest BCUT2D eigenvalue weighted by Crippen LogP contribution is 2.16. The van der Waals surface area contributed by atoms with Gasteiger partial charge in [-0.2, -0.15) is 0 Å². The van der Waals surface area contributed by atoms with Crippen LogP contribution in [0.15, 0.2) is 29.2 Å². The predicted octanol–water partition coefficient (Wildman–Crippen LogP) is 1.53. The van der Waals surface area contributed by atoms with Gasteiger partial charge < -0.3 is 15.1 Å². The maximum atomic E-state index is 12.8. The molecule has 0 bridgehead atoms. The Morgan fingerprint density at radius 2 is 2.08 bits per heavy atom. The number of fused-ring (bicyclic) bond motifs is 1. The number of benzene rings is 1. The molecule has 0 amide bonds. The summed E-state index contributed by atoms with van der Waals surface area (Å²) in [5.41, 5.74) is 1.64. The standard InChI is InChI=1S/C18H25N3O3/c1-5-24-18(23)15-12-21(20(3)4)16-9-8-13(7-6-10-19-2)11-14(16)17(15)22/h8-9,11-12,19H,5-7,10H2,1-4H3. The summed E-state index contributed by atoms with van der Waals surface area (Å²) < 4.78 is 6.82. The number of ether oxygens (including phenoxy) is 1. The number of carbonyl (C=O) groups excluding carboxylic acids is 1. The number of esters is 1. The van der Waals surface area contributed by atoms with Gasteiger partial charge in [0.1, 0.15) is 5.56 Å². The summed E-state index contributed by atoms with van der Waals surface area (Å²) in [6.45, 7) is 2.88. The smallest absolute Gasteiger partial charge is 0.343 e. The van der Waals surface area contributed by atoms with E-state index in [0.717, 1.165) is 30.5 Å². The average Bonchev–Trinajstić information content (AvgIpc) is 2.55. The zero-order valence-electron chi connectivity index (χ0n) is 14.8. The molecule has 0 atom stereocenters. The first-order valence-electron chi connectivity index (χ1n) is 8.17. The van der Waals surface area contributed by atoms with Gasteiger partial charge in [0.25, 0.3) is 0 Å². The van der Waals surface area contributed by atoms with E-state index in [1.807, 2.05) is 44.4 Å². The number of aromatic nitrogens is 1. The first-order chi connectivity index (χ1) is 11.5. The molecule has 2 aromatic rings. The van der Waals surface area contributed by atoms with Crippen LogP contribution in [0.2, 0.25) is 0 Å². The second-order valence-electron chi connectivity index (χ2n) is 5.84. The second kappa shape index (κ2) is 7.97. The van der Waals surface area contributed by atoms with Crippen LogP contribution in [-0.2, 0) is 11.2 Å². The summed E-state index contributed by atoms with van der Waals surface area (Å²) in [5, 5.41) is 5.48. The Morgan fingerprint density at radius 1 is 1.33 bits per heavy atom. The van der Waals surface area contributed by atoms with Crippen molar-refractivity contribution in [3.8, 4) is 0 Å². The van der Waals surface area contributed by atoms with Crippen molar-refractivity contribution in [1.82, 2.24) is 9.99 Å². The Labute approximate surface area is 142 Å². The van der Waals surface area contributed by atoms with Gasteiger partial charge >= 0.3 is 5.97 Å². The topological polar surface area (TPSA) is 63.6 Å². The third-order valence-corrected chi connectivity index (χ3v) is 3.87. The number of nitrogens with zero attached hydrogens (tertiary/aromatic N) is 2. The lowest BCUT2D eigenvalue weighted by molar-refractivity contribution is 0.0524. The number of rotatable bonds is 7. The Bertz CT molecular complexity index is 781. The molecule has 6 nitrogen and oxygen atoms in total. The molecule has 0 aliphatic rings. The Balaban J connectivity index is 2.58. The predicted molar refractivity (Wildman–Crippen MR) is 96.5 cm³/mol. The lowest BCUT2D eigenvalue weighted by Crippen LogP contribution is -2.30. The van der Waals surface area contributed by atoms with Gasteiger partial charge in [0.15, 0.2) is 0 Å². The molecule has 0 aliphatic carbocycles. The van der Waals surface area contributed by atoms with Gasteiger partial charge in [0.05, 0.1) is 12.1 Å². The molecule has 24 heavy (non-hydrogen) atoms. The highest BCUT2D eigenvalue weighted by molar-refractivity contribution is 5.94. The van der Waals surface area contributed by atoms with Crippen LogP contribution in [0.1, 0.15) is 29.3 Å². The van der Waals surface area contributed by atoms with Gasteiger partial charge in [-0.25, -0.2) is 4.79 Å². The number of hydrogen-bond acceptors (Lipinski definition) is 5. The zero-order valence-corrected chi connectivity index (χ0v) is 14.8. The van der Waals surface area contributed by atoms with Crippen LogP contribution in [0.25, 0.3) is 10.9 Å². The summed E-state index contributed by atoms with van der Waals surface area (Å²) in [4.78, 5) is 24.9. The normalized spacial score (nSPS) is 10.8. The average molecular weight is 331 g/mol. The number of pyridine rings is 1. The molecule has 2 rings (SSSR count). The van der Waals surface area contributed by atoms with Gasteiger partial charge in [0.2, 0.25) is 5.43 Å². The molecule has 0 aliphatic heterocycles. The summed E-state index contributed by atoms with van der Waals surface area (Å²) in [7, 11) is 5.64. The Hall–Kier alpha value is -2.34. The van der Waals surface area contributed by atoms with E-state index in [0.29, 0.717) is 5.39 Å². The molecule has 0 fully saturated rings. The first-order valence-corrected chi connectivity index (χ1v) is 8.17. The van der Waals surface area contributed by atoms with Gasteiger partial charge in [0, 0.05) is 25.7 Å². The molecule has 0 saturated carbocycles. The van der Waals surface area contributed by atoms with E-state index in [1.165, 1.54) is 0 Å². The van der Waals surface area contributed by atoms with Crippen LogP contribution < -0.4 is 15.8 Å². The lowest BCUT2D eigenvalue weighted by Gasteiger charge is -2.21. The number of aryl methyl sites for hydroxylation is 1. The second-order valence-corrected chi connectivity index (χ2v) is 5.84. The Kier molecular flexibility index (Phi) is 5.98. The molecule has 0 radical (unpaired) electrons. The van der Waals surface area contributed by atoms with E-state index >= 15 is 0 Å². The third-order valence-electron chi connectivity index (χ3n) is 3.87. The van der Waals surface area contributed by atoms with Crippen LogP contribution in [0, 0.1) is 0 Å². The minimum absolute atomic E-state index is 0.0606. The molecule has 0 unspecified atom stereocenters. The van der Waals surface area contributed by atoms with E-state index in [4.69, 9.17) is 4.74 Å². The van der Waals surface area contributed by atoms with Crippen molar-refractivity contribution in [3.63, 3.8) is 0 Å². The van der Waals surface area contributed by atoms with Crippen LogP contribution in [-0.4, -0.2) is 44.9 Å². The fourth-order valence-corrected chi connectivity index (χ4v) is 2.67. The molecule has 1 aromatic heterocycles. The molecule has 0 saturated heterocycles. The number of nitrogens with one attached hydrogen (secondary N) is 1. The van der Waals surface area contributed by atoms with Gasteiger partial charge in [-0.1, -0.05) is 6.07 Å². The van der Waals surface area contributed by atoms with E-state index in [1.54, 1.807) is 17.8 Å². The quantitative estimate of drug-likeness (QED) is 0.616. The summed E-state index contributed by atoms with van der Waals surface area (Å²) in [6.07, 6.45) is 3.41. The largest absolute Gasteiger partial charge is 0.462 e. The molecule has 0 spiro atoms. The van der Waals surface area contributed by atoms with E-state index < -0.39 is 5.97 Å². The molecule has 1 aromatic carbocycles. The highest BCUT2D eigenvalue weighted by atomic mass is 16.5. The maximum absolute atomic E-state index is 12.8. The molecule has 130 valence electrons. The van der Waals surface area contributed by atoms with Crippen LogP contribution in [0.5, 0.6) is 0 Å². The fourth-order valence-electron chi connectivity index (χ4n) is 2.67. The fraction of sp³-hybridized carbons (Fsp3) is 0.444. The van der Waals surface area contributed by atoms with E-state index in [9.17, 15) is 9.59 Å². The summed E-state index contributed by atoms with van der Waals surface area (Å²) in [5.74, 6) is -0.583. The molecule has 6 heteroatoms. The van der Waals surface area contributed by atoms with Crippen molar-refractivity contribution in [1.29, 1.82) is 0 Å². The van der Waals surface area contributed by atoms with E-state index in [-0.39, 0.29) is 17.6 Å². The molecular weight excluding hydrogens is 306 g/mol. The lowest BCUT2D eigenvalue weighted by atomic mass is 10.0. The third kappa shape index (κ3) is 3.76. The number of carbonyl (C=O) groups is 1. The van der Waals surface area contributed by atoms with Gasteiger partial charge in [-0.15, -0.1) is 0 Å². The van der Waals surface area contributed by atoms with Crippen molar-refractivity contribution in [2.24, 2.45) is 0 Å². The number of hydrogen-bond donors (Lipinski definition) is 1. The summed E-state index contributed by atoms with van der Waals surface area (Å²) >= 11 is 0. The van der Waals surface area contributed by atoms with Crippen molar-refractivity contribution in [2.75, 3.05) is 39.3 Å². The van der Waals surface area contributed by atoms with Crippen molar-refractivity contribution >= 4 is 16.9 Å². The molecule has 1 heterocycles. The minimum atomic E-state index is -0.583. The highest BCUT2D eigenvalue weighted by Gasteiger charge is 2.17. The monoisotopic (exact) mass is 331 g/mol. The van der Waals surface area contributed by atoms with Gasteiger partial charge in [-0.05, 0) is 51.1 Å². The SMILES string of the molecule is CCOC(=O)c1cn(N(C)C)c2ccc(CCCNC)cc2c1=O. The minimum Gasteiger partial charge on any atom is -0.462 e. The molecule has 1 N–H and O–H groups in total. The Morgan fingerprint density at radius 3 is 2.71 bits per heavy atom. The van der Waals surface area contributed by atoms with Crippen LogP contribution in [0.3, 0.4) is 0 Å². The van der Waals surface area contributed by atoms with Crippen LogP contribution in [0.4, 0.5) is 0 Å². The van der Waals surface area contributed by atoms with Crippen molar-refractivity contribution in [3.05, 3.63) is 45.7 Å². The van der Waals surface area contributed by atoms with Gasteiger partial charge in [-0.3, -0.25) is 9.47 Å².